The van der Waals surface area contributed by atoms with E-state index in [2.05, 4.69) is 4.98 Å². The summed E-state index contributed by atoms with van der Waals surface area (Å²) in [5.74, 6) is -1.94. The molecule has 1 aliphatic rings. The van der Waals surface area contributed by atoms with Crippen molar-refractivity contribution in [3.63, 3.8) is 0 Å². The molecule has 25 heavy (non-hydrogen) atoms. The average molecular weight is 375 g/mol. The molecular formula is C16H11ClF4N2O2. The van der Waals surface area contributed by atoms with Gasteiger partial charge >= 0.3 is 6.18 Å². The van der Waals surface area contributed by atoms with Crippen LogP contribution in [0, 0.1) is 5.82 Å². The highest BCUT2D eigenvalue weighted by molar-refractivity contribution is 6.33. The summed E-state index contributed by atoms with van der Waals surface area (Å²) in [5.41, 5.74) is -1.26. The lowest BCUT2D eigenvalue weighted by Gasteiger charge is -2.39. The highest BCUT2D eigenvalue weighted by Gasteiger charge is 2.39. The molecule has 1 amide bonds. The third-order valence-electron chi connectivity index (χ3n) is 3.67. The number of rotatable bonds is 3. The molecule has 4 nitrogen and oxygen atoms in total. The molecule has 1 aromatic carbocycles. The number of alkyl halides is 3. The molecule has 0 bridgehead atoms. The van der Waals surface area contributed by atoms with Crippen LogP contribution in [0.3, 0.4) is 0 Å². The number of likely N-dealkylation sites (tertiary alicyclic amines) is 1. The van der Waals surface area contributed by atoms with Gasteiger partial charge in [-0.3, -0.25) is 4.79 Å². The van der Waals surface area contributed by atoms with Gasteiger partial charge in [0.2, 0.25) is 5.88 Å². The van der Waals surface area contributed by atoms with Gasteiger partial charge in [-0.05, 0) is 24.3 Å². The van der Waals surface area contributed by atoms with Crippen LogP contribution in [0.25, 0.3) is 0 Å². The Morgan fingerprint density at radius 1 is 1.24 bits per heavy atom. The summed E-state index contributed by atoms with van der Waals surface area (Å²) >= 11 is 5.83. The zero-order valence-corrected chi connectivity index (χ0v) is 13.3. The molecule has 2 aromatic rings. The Hall–Kier alpha value is -2.35. The first-order valence-corrected chi connectivity index (χ1v) is 7.57. The molecule has 132 valence electrons. The molecule has 0 atom stereocenters. The number of halogens is 5. The van der Waals surface area contributed by atoms with E-state index in [4.69, 9.17) is 16.3 Å². The molecule has 0 saturated carbocycles. The number of ether oxygens (including phenoxy) is 1. The number of hydrogen-bond acceptors (Lipinski definition) is 3. The Labute approximate surface area is 145 Å². The number of pyridine rings is 1. The van der Waals surface area contributed by atoms with E-state index in [0.29, 0.717) is 0 Å². The lowest BCUT2D eigenvalue weighted by atomic mass is 10.1. The molecule has 0 aliphatic carbocycles. The smallest absolute Gasteiger partial charge is 0.421 e. The van der Waals surface area contributed by atoms with Gasteiger partial charge in [0.15, 0.2) is 0 Å². The summed E-state index contributed by atoms with van der Waals surface area (Å²) in [7, 11) is 0. The lowest BCUT2D eigenvalue weighted by molar-refractivity contribution is -0.140. The number of nitrogens with zero attached hydrogens (tertiary/aromatic N) is 2. The standard InChI is InChI=1S/C16H11ClF4N2O2/c17-11-4-1-5-12(18)13(11)15(24)23-7-9(8-23)25-14-10(16(19,20)21)3-2-6-22-14/h1-6,9H,7-8H2. The second-order valence-electron chi connectivity index (χ2n) is 5.40. The highest BCUT2D eigenvalue weighted by Crippen LogP contribution is 2.35. The number of hydrogen-bond donors (Lipinski definition) is 0. The highest BCUT2D eigenvalue weighted by atomic mass is 35.5. The van der Waals surface area contributed by atoms with Crippen LogP contribution in [0.15, 0.2) is 36.5 Å². The SMILES string of the molecule is O=C(c1c(F)cccc1Cl)N1CC(Oc2ncccc2C(F)(F)F)C1. The zero-order valence-electron chi connectivity index (χ0n) is 12.6. The van der Waals surface area contributed by atoms with E-state index in [0.717, 1.165) is 18.2 Å². The van der Waals surface area contributed by atoms with Gasteiger partial charge < -0.3 is 9.64 Å². The quantitative estimate of drug-likeness (QED) is 0.768. The summed E-state index contributed by atoms with van der Waals surface area (Å²) in [4.78, 5) is 17.1. The van der Waals surface area contributed by atoms with Crippen LogP contribution in [0.1, 0.15) is 15.9 Å². The number of aromatic nitrogens is 1. The number of carbonyl (C=O) groups is 1. The van der Waals surface area contributed by atoms with Crippen LogP contribution in [-0.2, 0) is 6.18 Å². The summed E-state index contributed by atoms with van der Waals surface area (Å²) in [6, 6.07) is 5.89. The largest absolute Gasteiger partial charge is 0.470 e. The van der Waals surface area contributed by atoms with Crippen molar-refractivity contribution in [1.29, 1.82) is 0 Å². The molecule has 1 saturated heterocycles. The Morgan fingerprint density at radius 3 is 2.60 bits per heavy atom. The Morgan fingerprint density at radius 2 is 1.96 bits per heavy atom. The van der Waals surface area contributed by atoms with E-state index >= 15 is 0 Å². The normalized spacial score (nSPS) is 15.0. The van der Waals surface area contributed by atoms with Crippen LogP contribution in [-0.4, -0.2) is 35.0 Å². The maximum absolute atomic E-state index is 13.8. The van der Waals surface area contributed by atoms with E-state index in [1.165, 1.54) is 23.2 Å². The van der Waals surface area contributed by atoms with Gasteiger partial charge in [-0.15, -0.1) is 0 Å². The fraction of sp³-hybridized carbons (Fsp3) is 0.250. The summed E-state index contributed by atoms with van der Waals surface area (Å²) in [6.45, 7) is 0.0226. The summed E-state index contributed by atoms with van der Waals surface area (Å²) < 4.78 is 57.7. The van der Waals surface area contributed by atoms with E-state index in [-0.39, 0.29) is 23.7 Å². The number of carbonyl (C=O) groups excluding carboxylic acids is 1. The molecule has 9 heteroatoms. The molecule has 3 rings (SSSR count). The van der Waals surface area contributed by atoms with Crippen molar-refractivity contribution in [3.8, 4) is 5.88 Å². The van der Waals surface area contributed by atoms with Crippen molar-refractivity contribution < 1.29 is 27.1 Å². The molecule has 1 fully saturated rings. The minimum absolute atomic E-state index is 0.0113. The van der Waals surface area contributed by atoms with Crippen molar-refractivity contribution in [2.24, 2.45) is 0 Å². The monoisotopic (exact) mass is 374 g/mol. The molecule has 1 aromatic heterocycles. The first-order chi connectivity index (χ1) is 11.8. The predicted octanol–water partition coefficient (Wildman–Crippen LogP) is 3.80. The molecule has 1 aliphatic heterocycles. The maximum Gasteiger partial charge on any atom is 0.421 e. The van der Waals surface area contributed by atoms with Crippen molar-refractivity contribution >= 4 is 17.5 Å². The fourth-order valence-corrected chi connectivity index (χ4v) is 2.64. The second-order valence-corrected chi connectivity index (χ2v) is 5.81. The zero-order chi connectivity index (χ0) is 18.2. The molecular weight excluding hydrogens is 364 g/mol. The molecule has 0 radical (unpaired) electrons. The Balaban J connectivity index is 1.67. The third-order valence-corrected chi connectivity index (χ3v) is 3.98. The minimum Gasteiger partial charge on any atom is -0.470 e. The van der Waals surface area contributed by atoms with Gasteiger partial charge in [0.05, 0.1) is 23.7 Å². The second kappa shape index (κ2) is 6.51. The van der Waals surface area contributed by atoms with E-state index in [1.54, 1.807) is 0 Å². The number of benzene rings is 1. The Bertz CT molecular complexity index is 787. The molecule has 2 heterocycles. The van der Waals surface area contributed by atoms with Gasteiger partial charge in [0, 0.05) is 6.20 Å². The fourth-order valence-electron chi connectivity index (χ4n) is 2.40. The van der Waals surface area contributed by atoms with Gasteiger partial charge in [-0.25, -0.2) is 9.37 Å². The van der Waals surface area contributed by atoms with Crippen molar-refractivity contribution in [2.45, 2.75) is 12.3 Å². The van der Waals surface area contributed by atoms with Crippen LogP contribution < -0.4 is 4.74 Å². The van der Waals surface area contributed by atoms with E-state index in [9.17, 15) is 22.4 Å². The number of amides is 1. The molecule has 0 unspecified atom stereocenters. The average Bonchev–Trinajstić information content (AvgIpc) is 2.49. The van der Waals surface area contributed by atoms with E-state index < -0.39 is 35.4 Å². The first-order valence-electron chi connectivity index (χ1n) is 7.19. The molecule has 0 N–H and O–H groups in total. The maximum atomic E-state index is 13.8. The van der Waals surface area contributed by atoms with Crippen molar-refractivity contribution in [1.82, 2.24) is 9.88 Å². The van der Waals surface area contributed by atoms with E-state index in [1.807, 2.05) is 0 Å². The minimum atomic E-state index is -4.59. The Kier molecular flexibility index (Phi) is 4.55. The van der Waals surface area contributed by atoms with Crippen molar-refractivity contribution in [3.05, 3.63) is 58.5 Å². The summed E-state index contributed by atoms with van der Waals surface area (Å²) in [5, 5.41) is -0.0292. The van der Waals surface area contributed by atoms with Gasteiger partial charge in [-0.2, -0.15) is 13.2 Å². The van der Waals surface area contributed by atoms with Crippen LogP contribution >= 0.6 is 11.6 Å². The van der Waals surface area contributed by atoms with Gasteiger partial charge in [0.1, 0.15) is 17.5 Å². The lowest BCUT2D eigenvalue weighted by Crippen LogP contribution is -2.56. The van der Waals surface area contributed by atoms with Gasteiger partial charge in [-0.1, -0.05) is 17.7 Å². The molecule has 0 spiro atoms. The van der Waals surface area contributed by atoms with Crippen LogP contribution in [0.4, 0.5) is 17.6 Å². The van der Waals surface area contributed by atoms with Crippen LogP contribution in [0.5, 0.6) is 5.88 Å². The van der Waals surface area contributed by atoms with Crippen LogP contribution in [0.2, 0.25) is 5.02 Å². The predicted molar refractivity (Wildman–Crippen MR) is 81.0 cm³/mol. The third kappa shape index (κ3) is 3.53. The first kappa shape index (κ1) is 17.5. The van der Waals surface area contributed by atoms with Crippen molar-refractivity contribution in [2.75, 3.05) is 13.1 Å². The van der Waals surface area contributed by atoms with Gasteiger partial charge in [0.25, 0.3) is 5.91 Å². The topological polar surface area (TPSA) is 42.4 Å². The summed E-state index contributed by atoms with van der Waals surface area (Å²) in [6.07, 6.45) is -4.07.